The van der Waals surface area contributed by atoms with Crippen LogP contribution in [0.1, 0.15) is 33.9 Å². The molecule has 0 saturated heterocycles. The number of pyridine rings is 1. The molecule has 0 bridgehead atoms. The van der Waals surface area contributed by atoms with Crippen molar-refractivity contribution >= 4 is 10.8 Å². The molecule has 2 rings (SSSR count). The monoisotopic (exact) mass is 201 g/mol. The maximum absolute atomic E-state index is 4.48. The Kier molecular flexibility index (Phi) is 3.13. The van der Waals surface area contributed by atoms with Crippen molar-refractivity contribution in [2.75, 3.05) is 0 Å². The van der Waals surface area contributed by atoms with Crippen molar-refractivity contribution in [1.82, 2.24) is 4.98 Å². The molecule has 1 aromatic heterocycles. The number of fused-ring (bicyclic) bond motifs is 1. The van der Waals surface area contributed by atoms with Crippen molar-refractivity contribution in [3.63, 3.8) is 0 Å². The zero-order valence-corrected chi connectivity index (χ0v) is 8.91. The van der Waals surface area contributed by atoms with Crippen molar-refractivity contribution in [2.24, 2.45) is 0 Å². The molecule has 0 radical (unpaired) electrons. The highest BCUT2D eigenvalue weighted by atomic mass is 14.7. The predicted molar refractivity (Wildman–Crippen MR) is 67.2 cm³/mol. The Hall–Kier alpha value is -1.37. The summed E-state index contributed by atoms with van der Waals surface area (Å²) in [5.41, 5.74) is 1.29. The van der Waals surface area contributed by atoms with Crippen LogP contribution in [0.4, 0.5) is 0 Å². The first-order valence-corrected chi connectivity index (χ1v) is 4.93. The quantitative estimate of drug-likeness (QED) is 0.623. The summed E-state index contributed by atoms with van der Waals surface area (Å²) in [4.78, 5) is 4.48. The first-order valence-electron chi connectivity index (χ1n) is 4.93. The molecule has 15 heavy (non-hydrogen) atoms. The molecule has 1 nitrogen and oxygen atoms in total. The zero-order chi connectivity index (χ0) is 10.2. The lowest BCUT2D eigenvalue weighted by Crippen LogP contribution is -2.13. The summed E-state index contributed by atoms with van der Waals surface area (Å²) >= 11 is 0. The molecule has 0 aliphatic carbocycles. The van der Waals surface area contributed by atoms with E-state index >= 15 is 0 Å². The summed E-state index contributed by atoms with van der Waals surface area (Å²) in [5, 5.41) is 2.54. The van der Waals surface area contributed by atoms with E-state index in [1.807, 2.05) is 6.20 Å². The molecular formula is C14H19N. The van der Waals surface area contributed by atoms with Crippen LogP contribution in [0.5, 0.6) is 0 Å². The molecule has 0 amide bonds. The smallest absolute Gasteiger partial charge is 0.0535 e. The van der Waals surface area contributed by atoms with Gasteiger partial charge in [-0.3, -0.25) is 4.98 Å². The Morgan fingerprint density at radius 1 is 1.00 bits per heavy atom. The first kappa shape index (κ1) is 11.7. The minimum Gasteiger partial charge on any atom is -0.260 e. The van der Waals surface area contributed by atoms with E-state index in [0.717, 1.165) is 0 Å². The number of rotatable bonds is 0. The van der Waals surface area contributed by atoms with Crippen molar-refractivity contribution in [2.45, 2.75) is 33.6 Å². The topological polar surface area (TPSA) is 12.9 Å². The van der Waals surface area contributed by atoms with Gasteiger partial charge < -0.3 is 0 Å². The molecule has 1 heteroatoms. The van der Waals surface area contributed by atoms with Crippen LogP contribution in [0.15, 0.2) is 36.5 Å². The minimum atomic E-state index is 0. The third kappa shape index (κ3) is 2.17. The van der Waals surface area contributed by atoms with E-state index < -0.39 is 0 Å². The van der Waals surface area contributed by atoms with Gasteiger partial charge in [0.05, 0.1) is 5.69 Å². The van der Waals surface area contributed by atoms with E-state index in [1.54, 1.807) is 0 Å². The summed E-state index contributed by atoms with van der Waals surface area (Å²) in [7, 11) is 0. The van der Waals surface area contributed by atoms with Gasteiger partial charge in [0.2, 0.25) is 0 Å². The Morgan fingerprint density at radius 3 is 2.33 bits per heavy atom. The summed E-state index contributed by atoms with van der Waals surface area (Å²) in [5.74, 6) is 0. The predicted octanol–water partition coefficient (Wildman–Crippen LogP) is 4.17. The second-order valence-corrected chi connectivity index (χ2v) is 4.63. The van der Waals surface area contributed by atoms with Crippen LogP contribution in [0, 0.1) is 0 Å². The SMILES string of the molecule is C.CC(C)(C)c1nccc2ccccc12. The van der Waals surface area contributed by atoms with Gasteiger partial charge >= 0.3 is 0 Å². The molecule has 1 aromatic carbocycles. The molecule has 1 heterocycles. The maximum atomic E-state index is 4.48. The van der Waals surface area contributed by atoms with E-state index in [4.69, 9.17) is 0 Å². The maximum Gasteiger partial charge on any atom is 0.0535 e. The minimum absolute atomic E-state index is 0. The summed E-state index contributed by atoms with van der Waals surface area (Å²) in [6.07, 6.45) is 1.89. The van der Waals surface area contributed by atoms with Crippen LogP contribution in [0.25, 0.3) is 10.8 Å². The third-order valence-corrected chi connectivity index (χ3v) is 2.38. The number of nitrogens with zero attached hydrogens (tertiary/aromatic N) is 1. The lowest BCUT2D eigenvalue weighted by molar-refractivity contribution is 0.575. The molecule has 0 spiro atoms. The van der Waals surface area contributed by atoms with Gasteiger partial charge in [0, 0.05) is 17.0 Å². The van der Waals surface area contributed by atoms with Crippen molar-refractivity contribution in [3.8, 4) is 0 Å². The van der Waals surface area contributed by atoms with Crippen LogP contribution in [-0.4, -0.2) is 4.98 Å². The number of benzene rings is 1. The first-order chi connectivity index (χ1) is 6.59. The molecular weight excluding hydrogens is 182 g/mol. The van der Waals surface area contributed by atoms with Crippen LogP contribution in [0.3, 0.4) is 0 Å². The molecule has 0 aliphatic rings. The van der Waals surface area contributed by atoms with Crippen molar-refractivity contribution in [1.29, 1.82) is 0 Å². The molecule has 0 aliphatic heterocycles. The van der Waals surface area contributed by atoms with Gasteiger partial charge in [-0.15, -0.1) is 0 Å². The molecule has 0 fully saturated rings. The van der Waals surface area contributed by atoms with E-state index in [2.05, 4.69) is 56.1 Å². The van der Waals surface area contributed by atoms with Gasteiger partial charge in [-0.2, -0.15) is 0 Å². The standard InChI is InChI=1S/C13H15N.CH4/c1-13(2,3)12-11-7-5-4-6-10(11)8-9-14-12;/h4-9H,1-3H3;1H4. The fourth-order valence-electron chi connectivity index (χ4n) is 1.72. The van der Waals surface area contributed by atoms with E-state index in [-0.39, 0.29) is 12.8 Å². The third-order valence-electron chi connectivity index (χ3n) is 2.38. The fourth-order valence-corrected chi connectivity index (χ4v) is 1.72. The Balaban J connectivity index is 0.00000112. The average Bonchev–Trinajstić information content (AvgIpc) is 2.15. The summed E-state index contributed by atoms with van der Waals surface area (Å²) in [6.45, 7) is 6.59. The van der Waals surface area contributed by atoms with Crippen LogP contribution in [0.2, 0.25) is 0 Å². The van der Waals surface area contributed by atoms with Crippen LogP contribution < -0.4 is 0 Å². The largest absolute Gasteiger partial charge is 0.260 e. The molecule has 80 valence electrons. The average molecular weight is 201 g/mol. The number of hydrogen-bond acceptors (Lipinski definition) is 1. The van der Waals surface area contributed by atoms with E-state index in [1.165, 1.54) is 16.5 Å². The van der Waals surface area contributed by atoms with Gasteiger partial charge in [-0.05, 0) is 11.5 Å². The molecule has 0 N–H and O–H groups in total. The van der Waals surface area contributed by atoms with Gasteiger partial charge in [-0.25, -0.2) is 0 Å². The number of aromatic nitrogens is 1. The normalized spacial score (nSPS) is 11.1. The summed E-state index contributed by atoms with van der Waals surface area (Å²) < 4.78 is 0. The van der Waals surface area contributed by atoms with Crippen molar-refractivity contribution < 1.29 is 0 Å². The Bertz CT molecular complexity index is 447. The van der Waals surface area contributed by atoms with Crippen molar-refractivity contribution in [3.05, 3.63) is 42.2 Å². The second kappa shape index (κ2) is 4.01. The van der Waals surface area contributed by atoms with Gasteiger partial charge in [0.15, 0.2) is 0 Å². The lowest BCUT2D eigenvalue weighted by atomic mass is 9.88. The molecule has 0 saturated carbocycles. The van der Waals surface area contributed by atoms with Gasteiger partial charge in [0.25, 0.3) is 0 Å². The van der Waals surface area contributed by atoms with Crippen LogP contribution >= 0.6 is 0 Å². The van der Waals surface area contributed by atoms with Gasteiger partial charge in [-0.1, -0.05) is 52.5 Å². The fraction of sp³-hybridized carbons (Fsp3) is 0.357. The van der Waals surface area contributed by atoms with Crippen LogP contribution in [-0.2, 0) is 5.41 Å². The highest BCUT2D eigenvalue weighted by Crippen LogP contribution is 2.27. The van der Waals surface area contributed by atoms with E-state index in [0.29, 0.717) is 0 Å². The van der Waals surface area contributed by atoms with Gasteiger partial charge in [0.1, 0.15) is 0 Å². The molecule has 2 aromatic rings. The number of hydrogen-bond donors (Lipinski definition) is 0. The van der Waals surface area contributed by atoms with E-state index in [9.17, 15) is 0 Å². The lowest BCUT2D eigenvalue weighted by Gasteiger charge is -2.19. The molecule has 0 atom stereocenters. The highest BCUT2D eigenvalue weighted by Gasteiger charge is 2.17. The zero-order valence-electron chi connectivity index (χ0n) is 8.91. The Morgan fingerprint density at radius 2 is 1.67 bits per heavy atom. The Labute approximate surface area is 92.2 Å². The second-order valence-electron chi connectivity index (χ2n) is 4.63. The molecule has 0 unspecified atom stereocenters. The summed E-state index contributed by atoms with van der Waals surface area (Å²) in [6, 6.07) is 10.5. The highest BCUT2D eigenvalue weighted by molar-refractivity contribution is 5.85.